The van der Waals surface area contributed by atoms with Gasteiger partial charge < -0.3 is 10.4 Å². The predicted molar refractivity (Wildman–Crippen MR) is 76.0 cm³/mol. The summed E-state index contributed by atoms with van der Waals surface area (Å²) < 4.78 is 1.73. The van der Waals surface area contributed by atoms with Gasteiger partial charge in [-0.05, 0) is 57.2 Å². The van der Waals surface area contributed by atoms with Crippen molar-refractivity contribution in [3.05, 3.63) is 19.2 Å². The molecule has 1 heterocycles. The highest BCUT2D eigenvalue weighted by molar-refractivity contribution is 9.13. The SMILES string of the molecule is O=C(NC1CCC(C(=O)O)C1)c1cc(Br)c(Br)s1. The molecular formula is C11H11Br2NO3S. The predicted octanol–water partition coefficient (Wildman–Crippen LogP) is 3.26. The van der Waals surface area contributed by atoms with E-state index in [4.69, 9.17) is 5.11 Å². The summed E-state index contributed by atoms with van der Waals surface area (Å²) in [5.74, 6) is -1.23. The van der Waals surface area contributed by atoms with Gasteiger partial charge in [0.25, 0.3) is 5.91 Å². The van der Waals surface area contributed by atoms with Crippen LogP contribution >= 0.6 is 43.2 Å². The van der Waals surface area contributed by atoms with Crippen molar-refractivity contribution in [2.75, 3.05) is 0 Å². The van der Waals surface area contributed by atoms with Crippen LogP contribution in [0.3, 0.4) is 0 Å². The number of carbonyl (C=O) groups excluding carboxylic acids is 1. The molecule has 7 heteroatoms. The van der Waals surface area contributed by atoms with Crippen molar-refractivity contribution < 1.29 is 14.7 Å². The summed E-state index contributed by atoms with van der Waals surface area (Å²) in [4.78, 5) is 23.4. The molecule has 0 aliphatic heterocycles. The Hall–Kier alpha value is -0.400. The first kappa shape index (κ1) is 14.0. The van der Waals surface area contributed by atoms with E-state index in [1.807, 2.05) is 0 Å². The van der Waals surface area contributed by atoms with Gasteiger partial charge in [-0.1, -0.05) is 0 Å². The Kier molecular flexibility index (Phi) is 4.45. The molecule has 4 nitrogen and oxygen atoms in total. The zero-order valence-corrected chi connectivity index (χ0v) is 13.3. The highest BCUT2D eigenvalue weighted by Crippen LogP contribution is 2.33. The van der Waals surface area contributed by atoms with Crippen molar-refractivity contribution in [3.8, 4) is 0 Å². The normalized spacial score (nSPS) is 23.0. The zero-order valence-electron chi connectivity index (χ0n) is 9.28. The molecule has 2 rings (SSSR count). The Labute approximate surface area is 125 Å². The molecular weight excluding hydrogens is 386 g/mol. The number of carboxylic acid groups (broad SMARTS) is 1. The molecule has 1 aromatic rings. The first-order chi connectivity index (χ1) is 8.47. The van der Waals surface area contributed by atoms with E-state index in [0.29, 0.717) is 17.7 Å². The lowest BCUT2D eigenvalue weighted by Gasteiger charge is -2.11. The van der Waals surface area contributed by atoms with Crippen LogP contribution in [-0.4, -0.2) is 23.0 Å². The van der Waals surface area contributed by atoms with E-state index in [9.17, 15) is 9.59 Å². The quantitative estimate of drug-likeness (QED) is 0.823. The Bertz CT molecular complexity index is 469. The molecule has 1 amide bonds. The number of rotatable bonds is 3. The molecule has 0 saturated heterocycles. The van der Waals surface area contributed by atoms with Crippen LogP contribution in [0.1, 0.15) is 28.9 Å². The molecule has 1 saturated carbocycles. The second kappa shape index (κ2) is 5.71. The Balaban J connectivity index is 1.94. The van der Waals surface area contributed by atoms with Crippen molar-refractivity contribution in [3.63, 3.8) is 0 Å². The number of hydrogen-bond donors (Lipinski definition) is 2. The largest absolute Gasteiger partial charge is 0.481 e. The number of carboxylic acids is 1. The van der Waals surface area contributed by atoms with Crippen molar-refractivity contribution in [1.82, 2.24) is 5.32 Å². The van der Waals surface area contributed by atoms with Gasteiger partial charge in [-0.3, -0.25) is 9.59 Å². The minimum Gasteiger partial charge on any atom is -0.481 e. The third kappa shape index (κ3) is 3.13. The Morgan fingerprint density at radius 1 is 1.39 bits per heavy atom. The standard InChI is InChI=1S/C11H11Br2NO3S/c12-7-4-8(18-9(7)13)10(15)14-6-2-1-5(3-6)11(16)17/h4-6H,1-3H2,(H,14,15)(H,16,17). The fourth-order valence-corrected chi connectivity index (χ4v) is 3.99. The van der Waals surface area contributed by atoms with E-state index in [1.165, 1.54) is 11.3 Å². The third-order valence-corrected chi connectivity index (χ3v) is 6.24. The molecule has 0 radical (unpaired) electrons. The first-order valence-corrected chi connectivity index (χ1v) is 7.86. The fraction of sp³-hybridized carbons (Fsp3) is 0.455. The molecule has 2 atom stereocenters. The summed E-state index contributed by atoms with van der Waals surface area (Å²) in [7, 11) is 0. The minimum atomic E-state index is -0.770. The van der Waals surface area contributed by atoms with Gasteiger partial charge in [-0.15, -0.1) is 11.3 Å². The van der Waals surface area contributed by atoms with Crippen LogP contribution in [-0.2, 0) is 4.79 Å². The fourth-order valence-electron chi connectivity index (χ4n) is 2.05. The molecule has 1 aromatic heterocycles. The molecule has 0 aromatic carbocycles. The zero-order chi connectivity index (χ0) is 13.3. The molecule has 18 heavy (non-hydrogen) atoms. The molecule has 0 bridgehead atoms. The van der Waals surface area contributed by atoms with Gasteiger partial charge in [0.2, 0.25) is 0 Å². The van der Waals surface area contributed by atoms with Crippen molar-refractivity contribution >= 4 is 55.1 Å². The maximum atomic E-state index is 12.0. The Morgan fingerprint density at radius 3 is 2.61 bits per heavy atom. The monoisotopic (exact) mass is 395 g/mol. The number of aliphatic carboxylic acids is 1. The van der Waals surface area contributed by atoms with Crippen LogP contribution < -0.4 is 5.32 Å². The maximum absolute atomic E-state index is 12.0. The van der Waals surface area contributed by atoms with Gasteiger partial charge in [0, 0.05) is 10.5 Å². The summed E-state index contributed by atoms with van der Waals surface area (Å²) in [6, 6.07) is 1.73. The molecule has 0 spiro atoms. The van der Waals surface area contributed by atoms with Crippen LogP contribution in [0.4, 0.5) is 0 Å². The molecule has 1 aliphatic rings. The summed E-state index contributed by atoms with van der Waals surface area (Å²) in [5, 5.41) is 11.8. The lowest BCUT2D eigenvalue weighted by atomic mass is 10.1. The summed E-state index contributed by atoms with van der Waals surface area (Å²) in [6.07, 6.45) is 1.89. The molecule has 2 N–H and O–H groups in total. The van der Waals surface area contributed by atoms with Crippen LogP contribution in [0.25, 0.3) is 0 Å². The second-order valence-corrected chi connectivity index (χ2v) is 7.48. The lowest BCUT2D eigenvalue weighted by Crippen LogP contribution is -2.32. The number of halogens is 2. The van der Waals surface area contributed by atoms with Gasteiger partial charge >= 0.3 is 5.97 Å². The van der Waals surface area contributed by atoms with Gasteiger partial charge in [0.1, 0.15) is 0 Å². The number of carbonyl (C=O) groups is 2. The third-order valence-electron chi connectivity index (χ3n) is 2.99. The average molecular weight is 397 g/mol. The minimum absolute atomic E-state index is 0.0294. The van der Waals surface area contributed by atoms with E-state index in [2.05, 4.69) is 37.2 Å². The second-order valence-electron chi connectivity index (χ2n) is 4.25. The van der Waals surface area contributed by atoms with Gasteiger partial charge in [0.15, 0.2) is 0 Å². The van der Waals surface area contributed by atoms with Crippen LogP contribution in [0.2, 0.25) is 0 Å². The molecule has 1 aliphatic carbocycles. The lowest BCUT2D eigenvalue weighted by molar-refractivity contribution is -0.141. The van der Waals surface area contributed by atoms with Crippen LogP contribution in [0, 0.1) is 5.92 Å². The van der Waals surface area contributed by atoms with Crippen molar-refractivity contribution in [2.45, 2.75) is 25.3 Å². The highest BCUT2D eigenvalue weighted by Gasteiger charge is 2.30. The van der Waals surface area contributed by atoms with Crippen molar-refractivity contribution in [2.24, 2.45) is 5.92 Å². The maximum Gasteiger partial charge on any atom is 0.306 e. The van der Waals surface area contributed by atoms with Crippen molar-refractivity contribution in [1.29, 1.82) is 0 Å². The number of hydrogen-bond acceptors (Lipinski definition) is 3. The number of amides is 1. The van der Waals surface area contributed by atoms with Gasteiger partial charge in [0.05, 0.1) is 14.6 Å². The topological polar surface area (TPSA) is 66.4 Å². The number of nitrogens with one attached hydrogen (secondary N) is 1. The van der Waals surface area contributed by atoms with Crippen LogP contribution in [0.5, 0.6) is 0 Å². The van der Waals surface area contributed by atoms with Gasteiger partial charge in [-0.25, -0.2) is 0 Å². The van der Waals surface area contributed by atoms with E-state index >= 15 is 0 Å². The van der Waals surface area contributed by atoms with E-state index < -0.39 is 5.97 Å². The smallest absolute Gasteiger partial charge is 0.306 e. The van der Waals surface area contributed by atoms with E-state index in [-0.39, 0.29) is 17.9 Å². The van der Waals surface area contributed by atoms with Crippen LogP contribution in [0.15, 0.2) is 14.3 Å². The van der Waals surface area contributed by atoms with Gasteiger partial charge in [-0.2, -0.15) is 0 Å². The highest BCUT2D eigenvalue weighted by atomic mass is 79.9. The molecule has 1 fully saturated rings. The molecule has 98 valence electrons. The number of thiophene rings is 1. The van der Waals surface area contributed by atoms with E-state index in [1.54, 1.807) is 6.07 Å². The average Bonchev–Trinajstić information content (AvgIpc) is 2.87. The first-order valence-electron chi connectivity index (χ1n) is 5.46. The summed E-state index contributed by atoms with van der Waals surface area (Å²) in [5.41, 5.74) is 0. The van der Waals surface area contributed by atoms with E-state index in [0.717, 1.165) is 14.7 Å². The molecule has 2 unspecified atom stereocenters. The summed E-state index contributed by atoms with van der Waals surface area (Å²) in [6.45, 7) is 0. The summed E-state index contributed by atoms with van der Waals surface area (Å²) >= 11 is 8.03. The Morgan fingerprint density at radius 2 is 2.11 bits per heavy atom.